The van der Waals surface area contributed by atoms with E-state index in [-0.39, 0.29) is 17.7 Å². The number of rotatable bonds is 5. The van der Waals surface area contributed by atoms with E-state index in [4.69, 9.17) is 4.74 Å². The molecule has 0 heterocycles. The summed E-state index contributed by atoms with van der Waals surface area (Å²) in [6.07, 6.45) is 6.63. The van der Waals surface area contributed by atoms with E-state index in [0.717, 1.165) is 31.6 Å². The lowest BCUT2D eigenvalue weighted by Gasteiger charge is -2.29. The molecule has 0 aliphatic heterocycles. The summed E-state index contributed by atoms with van der Waals surface area (Å²) in [7, 11) is 0. The fourth-order valence-corrected chi connectivity index (χ4v) is 3.00. The van der Waals surface area contributed by atoms with Crippen molar-refractivity contribution in [3.63, 3.8) is 0 Å². The van der Waals surface area contributed by atoms with Gasteiger partial charge in [0, 0.05) is 5.92 Å². The molecule has 0 aromatic carbocycles. The van der Waals surface area contributed by atoms with Gasteiger partial charge in [0.05, 0.1) is 0 Å². The average Bonchev–Trinajstić information content (AvgIpc) is 2.36. The molecule has 1 aliphatic carbocycles. The third kappa shape index (κ3) is 5.26. The van der Waals surface area contributed by atoms with Crippen molar-refractivity contribution >= 4 is 11.8 Å². The lowest BCUT2D eigenvalue weighted by Crippen LogP contribution is -2.35. The number of ketones is 1. The Bertz CT molecular complexity index is 333. The molecule has 0 radical (unpaired) electrons. The number of Topliss-reactive ketones (excluding diaryl/α,β-unsaturated/α-hetero) is 1. The molecule has 116 valence electrons. The third-order valence-corrected chi connectivity index (χ3v) is 4.13. The molecule has 0 bridgehead atoms. The van der Waals surface area contributed by atoms with E-state index < -0.39 is 11.5 Å². The lowest BCUT2D eigenvalue weighted by molar-refractivity contribution is -0.162. The van der Waals surface area contributed by atoms with Crippen LogP contribution in [0.3, 0.4) is 0 Å². The number of hydrogen-bond donors (Lipinski definition) is 0. The maximum atomic E-state index is 12.4. The summed E-state index contributed by atoms with van der Waals surface area (Å²) >= 11 is 0. The summed E-state index contributed by atoms with van der Waals surface area (Å²) in [6, 6.07) is 0. The van der Waals surface area contributed by atoms with Gasteiger partial charge in [0.15, 0.2) is 0 Å². The van der Waals surface area contributed by atoms with Crippen LogP contribution in [0.4, 0.5) is 0 Å². The zero-order chi connectivity index (χ0) is 15.3. The van der Waals surface area contributed by atoms with Crippen molar-refractivity contribution in [2.24, 2.45) is 17.8 Å². The normalized spacial score (nSPS) is 25.1. The number of hydrogen-bond acceptors (Lipinski definition) is 3. The maximum absolute atomic E-state index is 12.4. The van der Waals surface area contributed by atoms with Crippen molar-refractivity contribution in [3.8, 4) is 0 Å². The summed E-state index contributed by atoms with van der Waals surface area (Å²) < 4.78 is 5.31. The summed E-state index contributed by atoms with van der Waals surface area (Å²) in [4.78, 5) is 24.4. The Morgan fingerprint density at radius 3 is 2.15 bits per heavy atom. The van der Waals surface area contributed by atoms with Crippen LogP contribution in [0.1, 0.15) is 73.1 Å². The van der Waals surface area contributed by atoms with Crippen molar-refractivity contribution in [2.45, 2.75) is 78.7 Å². The molecule has 0 amide bonds. The largest absolute Gasteiger partial charge is 0.459 e. The van der Waals surface area contributed by atoms with E-state index in [2.05, 4.69) is 6.92 Å². The van der Waals surface area contributed by atoms with Crippen LogP contribution in [0.2, 0.25) is 0 Å². The van der Waals surface area contributed by atoms with E-state index in [0.29, 0.717) is 0 Å². The SMILES string of the molecule is CCCC1CCC(C(=O)C(C)C(=O)OC(C)(C)C)CC1. The molecule has 0 aromatic heterocycles. The highest BCUT2D eigenvalue weighted by Gasteiger charge is 2.33. The third-order valence-electron chi connectivity index (χ3n) is 4.13. The Morgan fingerprint density at radius 1 is 1.15 bits per heavy atom. The van der Waals surface area contributed by atoms with Gasteiger partial charge in [0.25, 0.3) is 0 Å². The van der Waals surface area contributed by atoms with Gasteiger partial charge in [-0.05, 0) is 59.3 Å². The van der Waals surface area contributed by atoms with Crippen LogP contribution in [-0.2, 0) is 14.3 Å². The van der Waals surface area contributed by atoms with Gasteiger partial charge in [0.1, 0.15) is 17.3 Å². The van der Waals surface area contributed by atoms with Crippen LogP contribution in [0.25, 0.3) is 0 Å². The molecule has 3 heteroatoms. The fourth-order valence-electron chi connectivity index (χ4n) is 3.00. The van der Waals surface area contributed by atoms with E-state index in [9.17, 15) is 9.59 Å². The fraction of sp³-hybridized carbons (Fsp3) is 0.882. The number of carbonyl (C=O) groups excluding carboxylic acids is 2. The monoisotopic (exact) mass is 282 g/mol. The summed E-state index contributed by atoms with van der Waals surface area (Å²) in [6.45, 7) is 9.39. The second kappa shape index (κ2) is 7.24. The summed E-state index contributed by atoms with van der Waals surface area (Å²) in [5.41, 5.74) is -0.523. The van der Waals surface area contributed by atoms with Gasteiger partial charge >= 0.3 is 5.97 Å². The second-order valence-corrected chi connectivity index (χ2v) is 7.16. The van der Waals surface area contributed by atoms with E-state index in [1.165, 1.54) is 12.8 Å². The quantitative estimate of drug-likeness (QED) is 0.562. The molecule has 1 rings (SSSR count). The Balaban J connectivity index is 2.48. The van der Waals surface area contributed by atoms with Crippen LogP contribution < -0.4 is 0 Å². The Kier molecular flexibility index (Phi) is 6.22. The van der Waals surface area contributed by atoms with Crippen molar-refractivity contribution in [3.05, 3.63) is 0 Å². The first-order valence-corrected chi connectivity index (χ1v) is 8.01. The molecule has 1 unspecified atom stereocenters. The van der Waals surface area contributed by atoms with Gasteiger partial charge in [-0.2, -0.15) is 0 Å². The molecule has 1 atom stereocenters. The molecule has 0 aromatic rings. The Morgan fingerprint density at radius 2 is 1.70 bits per heavy atom. The molecular weight excluding hydrogens is 252 g/mol. The number of esters is 1. The molecule has 20 heavy (non-hydrogen) atoms. The van der Waals surface area contributed by atoms with Crippen molar-refractivity contribution in [1.82, 2.24) is 0 Å². The molecule has 1 aliphatic rings. The highest BCUT2D eigenvalue weighted by molar-refractivity contribution is 5.99. The minimum Gasteiger partial charge on any atom is -0.459 e. The zero-order valence-corrected chi connectivity index (χ0v) is 13.7. The second-order valence-electron chi connectivity index (χ2n) is 7.16. The first-order valence-electron chi connectivity index (χ1n) is 8.01. The van der Waals surface area contributed by atoms with Crippen molar-refractivity contribution in [2.75, 3.05) is 0 Å². The molecule has 3 nitrogen and oxygen atoms in total. The standard InChI is InChI=1S/C17H30O3/c1-6-7-13-8-10-14(11-9-13)15(18)12(2)16(19)20-17(3,4)5/h12-14H,6-11H2,1-5H3. The minimum atomic E-state index is -0.623. The number of carbonyl (C=O) groups is 2. The molecule has 0 saturated heterocycles. The maximum Gasteiger partial charge on any atom is 0.316 e. The summed E-state index contributed by atoms with van der Waals surface area (Å²) in [5.74, 6) is -0.0826. The molecular formula is C17H30O3. The Hall–Kier alpha value is -0.860. The van der Waals surface area contributed by atoms with Crippen LogP contribution in [0.5, 0.6) is 0 Å². The predicted octanol–water partition coefficient (Wildman–Crippen LogP) is 4.14. The van der Waals surface area contributed by atoms with Gasteiger partial charge in [-0.15, -0.1) is 0 Å². The lowest BCUT2D eigenvalue weighted by atomic mass is 9.76. The van der Waals surface area contributed by atoms with Crippen molar-refractivity contribution in [1.29, 1.82) is 0 Å². The smallest absolute Gasteiger partial charge is 0.316 e. The van der Waals surface area contributed by atoms with Gasteiger partial charge in [-0.25, -0.2) is 0 Å². The predicted molar refractivity (Wildman–Crippen MR) is 80.4 cm³/mol. The van der Waals surface area contributed by atoms with Gasteiger partial charge in [0.2, 0.25) is 0 Å². The molecule has 0 spiro atoms. The van der Waals surface area contributed by atoms with Gasteiger partial charge < -0.3 is 4.74 Å². The van der Waals surface area contributed by atoms with E-state index in [1.807, 2.05) is 20.8 Å². The van der Waals surface area contributed by atoms with Crippen LogP contribution in [0.15, 0.2) is 0 Å². The van der Waals surface area contributed by atoms with Gasteiger partial charge in [-0.3, -0.25) is 9.59 Å². The van der Waals surface area contributed by atoms with E-state index in [1.54, 1.807) is 6.92 Å². The first kappa shape index (κ1) is 17.2. The number of ether oxygens (including phenoxy) is 1. The molecule has 0 N–H and O–H groups in total. The Labute approximate surface area is 123 Å². The minimum absolute atomic E-state index is 0.0608. The summed E-state index contributed by atoms with van der Waals surface area (Å²) in [5, 5.41) is 0. The van der Waals surface area contributed by atoms with E-state index >= 15 is 0 Å². The van der Waals surface area contributed by atoms with Crippen molar-refractivity contribution < 1.29 is 14.3 Å². The average molecular weight is 282 g/mol. The van der Waals surface area contributed by atoms with Crippen LogP contribution in [0, 0.1) is 17.8 Å². The van der Waals surface area contributed by atoms with Crippen LogP contribution in [-0.4, -0.2) is 17.4 Å². The first-order chi connectivity index (χ1) is 9.24. The van der Waals surface area contributed by atoms with Crippen LogP contribution >= 0.6 is 0 Å². The highest BCUT2D eigenvalue weighted by atomic mass is 16.6. The highest BCUT2D eigenvalue weighted by Crippen LogP contribution is 2.33. The van der Waals surface area contributed by atoms with Gasteiger partial charge in [-0.1, -0.05) is 19.8 Å². The zero-order valence-electron chi connectivity index (χ0n) is 13.7. The molecule has 1 fully saturated rings. The molecule has 1 saturated carbocycles. The topological polar surface area (TPSA) is 43.4 Å².